The van der Waals surface area contributed by atoms with Crippen molar-refractivity contribution in [3.63, 3.8) is 0 Å². The maximum atomic E-state index is 5.52. The number of benzene rings is 1. The summed E-state index contributed by atoms with van der Waals surface area (Å²) < 4.78 is 10.5. The molecule has 2 aromatic rings. The molecule has 0 atom stereocenters. The Kier molecular flexibility index (Phi) is 4.30. The fraction of sp³-hybridized carbons (Fsp3) is 0.286. The Morgan fingerprint density at radius 3 is 2.58 bits per heavy atom. The monoisotopic (exact) mass is 259 g/mol. The highest BCUT2D eigenvalue weighted by molar-refractivity contribution is 5.63. The van der Waals surface area contributed by atoms with Crippen molar-refractivity contribution in [1.82, 2.24) is 9.97 Å². The van der Waals surface area contributed by atoms with E-state index in [1.54, 1.807) is 20.4 Å². The van der Waals surface area contributed by atoms with E-state index in [9.17, 15) is 0 Å². The summed E-state index contributed by atoms with van der Waals surface area (Å²) in [5.41, 5.74) is 7.32. The van der Waals surface area contributed by atoms with Gasteiger partial charge in [0.05, 0.1) is 19.9 Å². The van der Waals surface area contributed by atoms with Crippen LogP contribution in [-0.2, 0) is 6.42 Å². The van der Waals surface area contributed by atoms with Gasteiger partial charge in [-0.25, -0.2) is 9.97 Å². The lowest BCUT2D eigenvalue weighted by molar-refractivity contribution is 0.355. The highest BCUT2D eigenvalue weighted by atomic mass is 16.5. The van der Waals surface area contributed by atoms with Crippen molar-refractivity contribution in [2.75, 3.05) is 20.8 Å². The maximum Gasteiger partial charge on any atom is 0.161 e. The van der Waals surface area contributed by atoms with Crippen LogP contribution in [0.25, 0.3) is 11.3 Å². The van der Waals surface area contributed by atoms with Gasteiger partial charge < -0.3 is 15.2 Å². The Morgan fingerprint density at radius 1 is 1.11 bits per heavy atom. The van der Waals surface area contributed by atoms with Gasteiger partial charge in [0.1, 0.15) is 5.82 Å². The zero-order chi connectivity index (χ0) is 13.7. The molecule has 5 heteroatoms. The van der Waals surface area contributed by atoms with Gasteiger partial charge in [-0.05, 0) is 30.8 Å². The Morgan fingerprint density at radius 2 is 1.89 bits per heavy atom. The molecule has 1 aromatic heterocycles. The fourth-order valence-corrected chi connectivity index (χ4v) is 1.80. The largest absolute Gasteiger partial charge is 0.493 e. The van der Waals surface area contributed by atoms with Crippen molar-refractivity contribution in [1.29, 1.82) is 0 Å². The molecular formula is C14H17N3O2. The summed E-state index contributed by atoms with van der Waals surface area (Å²) in [5, 5.41) is 0. The van der Waals surface area contributed by atoms with Crippen LogP contribution in [0.4, 0.5) is 0 Å². The number of nitrogens with two attached hydrogens (primary N) is 1. The van der Waals surface area contributed by atoms with Crippen molar-refractivity contribution < 1.29 is 9.47 Å². The van der Waals surface area contributed by atoms with Crippen molar-refractivity contribution in [3.05, 3.63) is 36.3 Å². The molecule has 0 saturated carbocycles. The van der Waals surface area contributed by atoms with Crippen LogP contribution < -0.4 is 15.2 Å². The molecular weight excluding hydrogens is 242 g/mol. The first kappa shape index (κ1) is 13.3. The number of methoxy groups -OCH3 is 2. The van der Waals surface area contributed by atoms with Crippen molar-refractivity contribution in [2.24, 2.45) is 5.73 Å². The van der Waals surface area contributed by atoms with Crippen LogP contribution in [0, 0.1) is 0 Å². The number of hydrogen-bond acceptors (Lipinski definition) is 5. The van der Waals surface area contributed by atoms with Crippen LogP contribution in [0.1, 0.15) is 5.82 Å². The first-order chi connectivity index (χ1) is 9.28. The summed E-state index contributed by atoms with van der Waals surface area (Å²) in [4.78, 5) is 8.66. The number of hydrogen-bond donors (Lipinski definition) is 1. The van der Waals surface area contributed by atoms with E-state index >= 15 is 0 Å². The molecule has 0 aliphatic rings. The molecule has 0 aliphatic heterocycles. The van der Waals surface area contributed by atoms with Gasteiger partial charge in [-0.2, -0.15) is 0 Å². The number of ether oxygens (including phenoxy) is 2. The third-order valence-electron chi connectivity index (χ3n) is 2.75. The molecule has 0 amide bonds. The molecule has 2 N–H and O–H groups in total. The van der Waals surface area contributed by atoms with Gasteiger partial charge in [0.2, 0.25) is 0 Å². The van der Waals surface area contributed by atoms with Crippen LogP contribution >= 0.6 is 0 Å². The molecule has 0 fully saturated rings. The van der Waals surface area contributed by atoms with E-state index in [1.165, 1.54) is 0 Å². The van der Waals surface area contributed by atoms with Crippen molar-refractivity contribution in [3.8, 4) is 22.8 Å². The molecule has 0 saturated heterocycles. The Balaban J connectivity index is 2.38. The van der Waals surface area contributed by atoms with Gasteiger partial charge in [0.15, 0.2) is 11.5 Å². The van der Waals surface area contributed by atoms with Crippen LogP contribution in [0.15, 0.2) is 30.5 Å². The summed E-state index contributed by atoms with van der Waals surface area (Å²) in [6, 6.07) is 7.56. The highest BCUT2D eigenvalue weighted by Crippen LogP contribution is 2.31. The minimum Gasteiger partial charge on any atom is -0.493 e. The molecule has 5 nitrogen and oxygen atoms in total. The summed E-state index contributed by atoms with van der Waals surface area (Å²) in [6.45, 7) is 0.537. The molecule has 100 valence electrons. The third-order valence-corrected chi connectivity index (χ3v) is 2.75. The molecule has 0 radical (unpaired) electrons. The first-order valence-electron chi connectivity index (χ1n) is 6.03. The normalized spacial score (nSPS) is 10.3. The Hall–Kier alpha value is -2.14. The van der Waals surface area contributed by atoms with E-state index in [2.05, 4.69) is 9.97 Å². The molecule has 0 bridgehead atoms. The molecule has 19 heavy (non-hydrogen) atoms. The van der Waals surface area contributed by atoms with E-state index in [0.717, 1.165) is 17.1 Å². The minimum absolute atomic E-state index is 0.537. The van der Waals surface area contributed by atoms with Gasteiger partial charge in [-0.15, -0.1) is 0 Å². The SMILES string of the molecule is COc1ccc(-c2ccnc(CCN)n2)cc1OC. The number of aromatic nitrogens is 2. The zero-order valence-electron chi connectivity index (χ0n) is 11.1. The smallest absolute Gasteiger partial charge is 0.161 e. The summed E-state index contributed by atoms with van der Waals surface area (Å²) in [6.07, 6.45) is 2.41. The van der Waals surface area contributed by atoms with Crippen LogP contribution in [0.3, 0.4) is 0 Å². The Bertz CT molecular complexity index is 558. The molecule has 2 rings (SSSR count). The van der Waals surface area contributed by atoms with Gasteiger partial charge >= 0.3 is 0 Å². The topological polar surface area (TPSA) is 70.3 Å². The molecule has 0 unspecified atom stereocenters. The molecule has 1 aromatic carbocycles. The lowest BCUT2D eigenvalue weighted by atomic mass is 10.1. The predicted molar refractivity (Wildman–Crippen MR) is 73.3 cm³/mol. The number of rotatable bonds is 5. The van der Waals surface area contributed by atoms with Gasteiger partial charge in [-0.3, -0.25) is 0 Å². The second kappa shape index (κ2) is 6.15. The van der Waals surface area contributed by atoms with Gasteiger partial charge in [-0.1, -0.05) is 0 Å². The summed E-state index contributed by atoms with van der Waals surface area (Å²) in [7, 11) is 3.23. The first-order valence-corrected chi connectivity index (χ1v) is 6.03. The predicted octanol–water partition coefficient (Wildman–Crippen LogP) is 1.66. The van der Waals surface area contributed by atoms with Crippen LogP contribution in [-0.4, -0.2) is 30.7 Å². The second-order valence-electron chi connectivity index (χ2n) is 3.97. The van der Waals surface area contributed by atoms with Gasteiger partial charge in [0.25, 0.3) is 0 Å². The van der Waals surface area contributed by atoms with E-state index in [1.807, 2.05) is 24.3 Å². The maximum absolute atomic E-state index is 5.52. The zero-order valence-corrected chi connectivity index (χ0v) is 11.1. The molecule has 0 aliphatic carbocycles. The summed E-state index contributed by atoms with van der Waals surface area (Å²) >= 11 is 0. The van der Waals surface area contributed by atoms with Crippen LogP contribution in [0.5, 0.6) is 11.5 Å². The average molecular weight is 259 g/mol. The highest BCUT2D eigenvalue weighted by Gasteiger charge is 2.07. The molecule has 0 spiro atoms. The van der Waals surface area contributed by atoms with Crippen molar-refractivity contribution in [2.45, 2.75) is 6.42 Å². The molecule has 1 heterocycles. The van der Waals surface area contributed by atoms with Crippen molar-refractivity contribution >= 4 is 0 Å². The van der Waals surface area contributed by atoms with E-state index in [4.69, 9.17) is 15.2 Å². The van der Waals surface area contributed by atoms with Crippen LogP contribution in [0.2, 0.25) is 0 Å². The fourth-order valence-electron chi connectivity index (χ4n) is 1.80. The van der Waals surface area contributed by atoms with E-state index in [0.29, 0.717) is 24.5 Å². The quantitative estimate of drug-likeness (QED) is 0.884. The standard InChI is InChI=1S/C14H17N3O2/c1-18-12-4-3-10(9-13(12)19-2)11-6-8-16-14(17-11)5-7-15/h3-4,6,8-9H,5,7,15H2,1-2H3. The van der Waals surface area contributed by atoms with Gasteiger partial charge in [0, 0.05) is 18.2 Å². The second-order valence-corrected chi connectivity index (χ2v) is 3.97. The lowest BCUT2D eigenvalue weighted by Crippen LogP contribution is -2.06. The van der Waals surface area contributed by atoms with E-state index in [-0.39, 0.29) is 0 Å². The minimum atomic E-state index is 0.537. The third kappa shape index (κ3) is 3.00. The average Bonchev–Trinajstić information content (AvgIpc) is 2.47. The lowest BCUT2D eigenvalue weighted by Gasteiger charge is -2.09. The van der Waals surface area contributed by atoms with E-state index < -0.39 is 0 Å². The number of nitrogens with zero attached hydrogens (tertiary/aromatic N) is 2. The Labute approximate surface area is 112 Å². The summed E-state index contributed by atoms with van der Waals surface area (Å²) in [5.74, 6) is 2.12.